The fourth-order valence-electron chi connectivity index (χ4n) is 1.72. The predicted octanol–water partition coefficient (Wildman–Crippen LogP) is 2.31. The lowest BCUT2D eigenvalue weighted by molar-refractivity contribution is -0.175. The van der Waals surface area contributed by atoms with Gasteiger partial charge in [0.2, 0.25) is 0 Å². The molecule has 112 valence electrons. The number of nitrogens with two attached hydrogens (primary N) is 1. The van der Waals surface area contributed by atoms with E-state index in [4.69, 9.17) is 10.6 Å². The Balaban J connectivity index is 1.92. The topological polar surface area (TPSA) is 56.5 Å². The summed E-state index contributed by atoms with van der Waals surface area (Å²) in [5, 5.41) is 0. The molecule has 0 spiro atoms. The summed E-state index contributed by atoms with van der Waals surface area (Å²) < 4.78 is 46.4. The van der Waals surface area contributed by atoms with Crippen molar-refractivity contribution in [1.82, 2.24) is 5.43 Å². The van der Waals surface area contributed by atoms with E-state index in [1.165, 1.54) is 0 Å². The van der Waals surface area contributed by atoms with Crippen LogP contribution in [0.2, 0.25) is 0 Å². The predicted molar refractivity (Wildman–Crippen MR) is 67.0 cm³/mol. The Hall–Kier alpha value is -1.31. The van der Waals surface area contributed by atoms with Gasteiger partial charge in [0.15, 0.2) is 0 Å². The molecule has 0 amide bonds. The molecule has 20 heavy (non-hydrogen) atoms. The average molecular weight is 290 g/mol. The number of benzene rings is 1. The summed E-state index contributed by atoms with van der Waals surface area (Å²) in [5.41, 5.74) is 3.18. The lowest BCUT2D eigenvalue weighted by Crippen LogP contribution is -2.32. The van der Waals surface area contributed by atoms with E-state index in [2.05, 4.69) is 10.2 Å². The van der Waals surface area contributed by atoms with Gasteiger partial charge in [0.25, 0.3) is 0 Å². The quantitative estimate of drug-likeness (QED) is 0.597. The SMILES string of the molecule is NNC(COCC(F)(F)F)c1cccc(OC2CC2)c1. The third-order valence-electron chi connectivity index (χ3n) is 2.84. The Kier molecular flexibility index (Phi) is 4.85. The molecule has 0 aliphatic heterocycles. The molecule has 0 heterocycles. The summed E-state index contributed by atoms with van der Waals surface area (Å²) in [6, 6.07) is 6.61. The maximum absolute atomic E-state index is 12.0. The first-order valence-corrected chi connectivity index (χ1v) is 6.35. The molecular weight excluding hydrogens is 273 g/mol. The van der Waals surface area contributed by atoms with Gasteiger partial charge in [0.1, 0.15) is 12.4 Å². The lowest BCUT2D eigenvalue weighted by atomic mass is 10.1. The number of ether oxygens (including phenoxy) is 2. The Bertz CT molecular complexity index is 436. The minimum atomic E-state index is -4.34. The maximum atomic E-state index is 12.0. The van der Waals surface area contributed by atoms with Crippen LogP contribution in [0.3, 0.4) is 0 Å². The van der Waals surface area contributed by atoms with Crippen molar-refractivity contribution in [3.63, 3.8) is 0 Å². The van der Waals surface area contributed by atoms with Crippen molar-refractivity contribution in [3.05, 3.63) is 29.8 Å². The van der Waals surface area contributed by atoms with Gasteiger partial charge < -0.3 is 9.47 Å². The molecule has 0 radical (unpaired) electrons. The van der Waals surface area contributed by atoms with Gasteiger partial charge in [-0.1, -0.05) is 12.1 Å². The van der Waals surface area contributed by atoms with Crippen LogP contribution in [0.5, 0.6) is 5.75 Å². The number of halogens is 3. The standard InChI is InChI=1S/C13H17F3N2O2/c14-13(15,16)8-19-7-12(18-17)9-2-1-3-11(6-9)20-10-4-5-10/h1-3,6,10,12,18H,4-5,7-8,17H2. The number of hydrogen-bond acceptors (Lipinski definition) is 4. The zero-order valence-corrected chi connectivity index (χ0v) is 10.8. The maximum Gasteiger partial charge on any atom is 0.411 e. The fourth-order valence-corrected chi connectivity index (χ4v) is 1.72. The van der Waals surface area contributed by atoms with Gasteiger partial charge in [-0.25, -0.2) is 0 Å². The first-order valence-electron chi connectivity index (χ1n) is 6.35. The van der Waals surface area contributed by atoms with Crippen LogP contribution in [-0.2, 0) is 4.74 Å². The van der Waals surface area contributed by atoms with Gasteiger partial charge in [-0.15, -0.1) is 0 Å². The summed E-state index contributed by atoms with van der Waals surface area (Å²) >= 11 is 0. The van der Waals surface area contributed by atoms with Crippen LogP contribution in [-0.4, -0.2) is 25.5 Å². The monoisotopic (exact) mass is 290 g/mol. The van der Waals surface area contributed by atoms with Crippen molar-refractivity contribution in [2.75, 3.05) is 13.2 Å². The summed E-state index contributed by atoms with van der Waals surface area (Å²) in [6.45, 7) is -1.45. The molecule has 0 bridgehead atoms. The lowest BCUT2D eigenvalue weighted by Gasteiger charge is -2.18. The molecule has 1 atom stereocenters. The smallest absolute Gasteiger partial charge is 0.411 e. The largest absolute Gasteiger partial charge is 0.490 e. The summed E-state index contributed by atoms with van der Waals surface area (Å²) in [4.78, 5) is 0. The molecule has 1 fully saturated rings. The van der Waals surface area contributed by atoms with Crippen LogP contribution >= 0.6 is 0 Å². The van der Waals surface area contributed by atoms with Gasteiger partial charge in [0, 0.05) is 0 Å². The third kappa shape index (κ3) is 4.99. The molecule has 7 heteroatoms. The minimum Gasteiger partial charge on any atom is -0.490 e. The van der Waals surface area contributed by atoms with E-state index < -0.39 is 18.8 Å². The van der Waals surface area contributed by atoms with E-state index in [9.17, 15) is 13.2 Å². The van der Waals surface area contributed by atoms with E-state index in [1.807, 2.05) is 6.07 Å². The highest BCUT2D eigenvalue weighted by molar-refractivity contribution is 5.31. The van der Waals surface area contributed by atoms with E-state index in [-0.39, 0.29) is 12.7 Å². The zero-order valence-electron chi connectivity index (χ0n) is 10.8. The Morgan fingerprint density at radius 3 is 2.70 bits per heavy atom. The van der Waals surface area contributed by atoms with Gasteiger partial charge in [-0.05, 0) is 30.5 Å². The number of hydrazine groups is 1. The number of nitrogens with one attached hydrogen (secondary N) is 1. The number of rotatable bonds is 7. The Morgan fingerprint density at radius 2 is 2.10 bits per heavy atom. The van der Waals surface area contributed by atoms with Crippen LogP contribution < -0.4 is 16.0 Å². The summed E-state index contributed by atoms with van der Waals surface area (Å²) in [6.07, 6.45) is -2.00. The van der Waals surface area contributed by atoms with E-state index in [0.29, 0.717) is 5.75 Å². The van der Waals surface area contributed by atoms with Crippen molar-refractivity contribution in [3.8, 4) is 5.75 Å². The normalized spacial score (nSPS) is 17.0. The summed E-state index contributed by atoms with van der Waals surface area (Å²) in [5.74, 6) is 6.06. The van der Waals surface area contributed by atoms with Crippen molar-refractivity contribution in [1.29, 1.82) is 0 Å². The first kappa shape index (κ1) is 15.1. The van der Waals surface area contributed by atoms with Crippen LogP contribution in [0.15, 0.2) is 24.3 Å². The van der Waals surface area contributed by atoms with Crippen LogP contribution in [0.1, 0.15) is 24.4 Å². The molecule has 1 unspecified atom stereocenters. The zero-order chi connectivity index (χ0) is 14.6. The fraction of sp³-hybridized carbons (Fsp3) is 0.538. The molecule has 4 nitrogen and oxygen atoms in total. The van der Waals surface area contributed by atoms with Crippen LogP contribution in [0.25, 0.3) is 0 Å². The molecular formula is C13H17F3N2O2. The van der Waals surface area contributed by atoms with Gasteiger partial charge in [0.05, 0.1) is 18.8 Å². The number of alkyl halides is 3. The van der Waals surface area contributed by atoms with Crippen molar-refractivity contribution < 1.29 is 22.6 Å². The molecule has 2 rings (SSSR count). The molecule has 3 N–H and O–H groups in total. The highest BCUT2D eigenvalue weighted by Crippen LogP contribution is 2.28. The Morgan fingerprint density at radius 1 is 1.35 bits per heavy atom. The van der Waals surface area contributed by atoms with Gasteiger partial charge in [-0.2, -0.15) is 13.2 Å². The van der Waals surface area contributed by atoms with E-state index in [1.54, 1.807) is 18.2 Å². The highest BCUT2D eigenvalue weighted by Gasteiger charge is 2.28. The average Bonchev–Trinajstić information content (AvgIpc) is 3.17. The molecule has 0 aromatic heterocycles. The second-order valence-electron chi connectivity index (χ2n) is 4.74. The van der Waals surface area contributed by atoms with Crippen molar-refractivity contribution >= 4 is 0 Å². The second-order valence-corrected chi connectivity index (χ2v) is 4.74. The molecule has 0 saturated heterocycles. The van der Waals surface area contributed by atoms with E-state index >= 15 is 0 Å². The molecule has 1 aromatic rings. The van der Waals surface area contributed by atoms with Crippen molar-refractivity contribution in [2.24, 2.45) is 5.84 Å². The second kappa shape index (κ2) is 6.43. The van der Waals surface area contributed by atoms with Crippen LogP contribution in [0, 0.1) is 0 Å². The molecule has 1 saturated carbocycles. The minimum absolute atomic E-state index is 0.164. The third-order valence-corrected chi connectivity index (χ3v) is 2.84. The molecule has 1 aliphatic carbocycles. The van der Waals surface area contributed by atoms with Crippen molar-refractivity contribution in [2.45, 2.75) is 31.2 Å². The highest BCUT2D eigenvalue weighted by atomic mass is 19.4. The van der Waals surface area contributed by atoms with Crippen LogP contribution in [0.4, 0.5) is 13.2 Å². The Labute approximate surface area is 115 Å². The van der Waals surface area contributed by atoms with E-state index in [0.717, 1.165) is 18.4 Å². The number of hydrogen-bond donors (Lipinski definition) is 2. The summed E-state index contributed by atoms with van der Waals surface area (Å²) in [7, 11) is 0. The van der Waals surface area contributed by atoms with Gasteiger partial charge in [-0.3, -0.25) is 11.3 Å². The molecule has 1 aromatic carbocycles. The molecule has 1 aliphatic rings. The van der Waals surface area contributed by atoms with Gasteiger partial charge >= 0.3 is 6.18 Å². The first-order chi connectivity index (χ1) is 9.48.